The first-order valence-electron chi connectivity index (χ1n) is 5.68. The molecule has 1 aliphatic rings. The molecule has 98 valence electrons. The summed E-state index contributed by atoms with van der Waals surface area (Å²) in [6.45, 7) is 1.15. The normalized spacial score (nSPS) is 19.7. The Labute approximate surface area is 105 Å². The molecule has 0 radical (unpaired) electrons. The second kappa shape index (κ2) is 5.76. The lowest BCUT2D eigenvalue weighted by Crippen LogP contribution is -2.50. The van der Waals surface area contributed by atoms with Gasteiger partial charge in [-0.25, -0.2) is 0 Å². The summed E-state index contributed by atoms with van der Waals surface area (Å²) < 4.78 is 5.24. The van der Waals surface area contributed by atoms with Crippen molar-refractivity contribution < 1.29 is 14.6 Å². The minimum atomic E-state index is -0.315. The van der Waals surface area contributed by atoms with Crippen LogP contribution in [-0.4, -0.2) is 53.3 Å². The van der Waals surface area contributed by atoms with Gasteiger partial charge >= 0.3 is 0 Å². The number of carbonyl (C=O) groups excluding carboxylic acids is 1. The van der Waals surface area contributed by atoms with Crippen LogP contribution in [0.4, 0.5) is 5.69 Å². The number of aliphatic hydroxyl groups excluding tert-OH is 1. The van der Waals surface area contributed by atoms with Gasteiger partial charge in [0.05, 0.1) is 43.3 Å². The number of morpholine rings is 1. The van der Waals surface area contributed by atoms with Crippen LogP contribution < -0.4 is 11.3 Å². The second-order valence-corrected chi connectivity index (χ2v) is 3.98. The topological polar surface area (TPSA) is 101 Å². The largest absolute Gasteiger partial charge is 0.394 e. The minimum absolute atomic E-state index is 0.123. The molecular weight excluding hydrogens is 236 g/mol. The van der Waals surface area contributed by atoms with Crippen LogP contribution in [0.3, 0.4) is 0 Å². The van der Waals surface area contributed by atoms with E-state index in [-0.39, 0.29) is 18.6 Å². The smallest absolute Gasteiger partial charge is 0.256 e. The van der Waals surface area contributed by atoms with Crippen LogP contribution in [0.5, 0.6) is 0 Å². The first-order chi connectivity index (χ1) is 8.77. The van der Waals surface area contributed by atoms with Gasteiger partial charge in [-0.1, -0.05) is 0 Å². The number of aliphatic hydroxyl groups is 1. The first kappa shape index (κ1) is 12.7. The first-order valence-corrected chi connectivity index (χ1v) is 5.68. The highest BCUT2D eigenvalue weighted by Gasteiger charge is 2.28. The van der Waals surface area contributed by atoms with Crippen LogP contribution in [0.15, 0.2) is 18.5 Å². The molecule has 0 aromatic carbocycles. The molecule has 4 N–H and O–H groups in total. The van der Waals surface area contributed by atoms with Crippen molar-refractivity contribution >= 4 is 11.6 Å². The van der Waals surface area contributed by atoms with Gasteiger partial charge in [0, 0.05) is 12.7 Å². The van der Waals surface area contributed by atoms with Crippen LogP contribution in [0, 0.1) is 0 Å². The summed E-state index contributed by atoms with van der Waals surface area (Å²) in [6, 6.07) is 1.28. The van der Waals surface area contributed by atoms with Crippen LogP contribution in [0.1, 0.15) is 10.4 Å². The van der Waals surface area contributed by atoms with Gasteiger partial charge in [-0.3, -0.25) is 15.6 Å². The van der Waals surface area contributed by atoms with E-state index in [9.17, 15) is 9.90 Å². The molecule has 1 saturated heterocycles. The van der Waals surface area contributed by atoms with Gasteiger partial charge < -0.3 is 20.2 Å². The zero-order chi connectivity index (χ0) is 13.0. The molecule has 1 aliphatic heterocycles. The molecule has 0 aliphatic carbocycles. The van der Waals surface area contributed by atoms with Gasteiger partial charge in [-0.15, -0.1) is 0 Å². The fourth-order valence-electron chi connectivity index (χ4n) is 1.92. The number of hydrazine groups is 1. The van der Waals surface area contributed by atoms with E-state index in [1.165, 1.54) is 12.4 Å². The molecule has 1 amide bonds. The third-order valence-corrected chi connectivity index (χ3v) is 2.91. The van der Waals surface area contributed by atoms with Crippen LogP contribution >= 0.6 is 0 Å². The van der Waals surface area contributed by atoms with E-state index in [1.807, 2.05) is 0 Å². The number of nitrogens with one attached hydrogen (secondary N) is 1. The standard InChI is InChI=1S/C11H16N4O3/c12-14-10-5-13-2-1-9(10)11(17)15-3-4-18-7-8(15)6-16/h1-2,5,8,14,16H,3-4,6-7,12H2. The van der Waals surface area contributed by atoms with Gasteiger partial charge in [-0.2, -0.15) is 0 Å². The van der Waals surface area contributed by atoms with Gasteiger partial charge in [0.2, 0.25) is 0 Å². The lowest BCUT2D eigenvalue weighted by atomic mass is 10.1. The molecule has 0 saturated carbocycles. The van der Waals surface area contributed by atoms with E-state index in [4.69, 9.17) is 10.6 Å². The number of aromatic nitrogens is 1. The maximum atomic E-state index is 12.4. The number of ether oxygens (including phenoxy) is 1. The Morgan fingerprint density at radius 1 is 1.72 bits per heavy atom. The second-order valence-electron chi connectivity index (χ2n) is 3.98. The van der Waals surface area contributed by atoms with E-state index in [1.54, 1.807) is 11.0 Å². The third kappa shape index (κ3) is 2.42. The SMILES string of the molecule is NNc1cnccc1C(=O)N1CCOCC1CO. The fraction of sp³-hybridized carbons (Fsp3) is 0.455. The third-order valence-electron chi connectivity index (χ3n) is 2.91. The van der Waals surface area contributed by atoms with Crippen LogP contribution in [0.25, 0.3) is 0 Å². The summed E-state index contributed by atoms with van der Waals surface area (Å²) in [4.78, 5) is 17.9. The summed E-state index contributed by atoms with van der Waals surface area (Å²) in [5, 5.41) is 9.26. The number of anilines is 1. The number of hydrogen-bond acceptors (Lipinski definition) is 6. The Hall–Kier alpha value is -1.70. The Morgan fingerprint density at radius 2 is 2.56 bits per heavy atom. The Morgan fingerprint density at radius 3 is 3.28 bits per heavy atom. The number of rotatable bonds is 3. The van der Waals surface area contributed by atoms with Crippen LogP contribution in [-0.2, 0) is 4.74 Å². The number of pyridine rings is 1. The summed E-state index contributed by atoms with van der Waals surface area (Å²) in [5.74, 6) is 5.16. The Kier molecular flexibility index (Phi) is 4.08. The highest BCUT2D eigenvalue weighted by molar-refractivity contribution is 5.99. The Balaban J connectivity index is 2.24. The molecule has 1 fully saturated rings. The summed E-state index contributed by atoms with van der Waals surface area (Å²) in [5.41, 5.74) is 3.35. The number of hydrogen-bond donors (Lipinski definition) is 3. The summed E-state index contributed by atoms with van der Waals surface area (Å²) >= 11 is 0. The summed E-state index contributed by atoms with van der Waals surface area (Å²) in [6.07, 6.45) is 3.02. The molecule has 0 spiro atoms. The average molecular weight is 252 g/mol. The number of amides is 1. The van der Waals surface area contributed by atoms with Crippen molar-refractivity contribution in [2.45, 2.75) is 6.04 Å². The van der Waals surface area contributed by atoms with E-state index < -0.39 is 0 Å². The zero-order valence-electron chi connectivity index (χ0n) is 9.87. The molecule has 2 rings (SSSR count). The molecule has 7 heteroatoms. The van der Waals surface area contributed by atoms with E-state index in [0.29, 0.717) is 31.0 Å². The quantitative estimate of drug-likeness (QED) is 0.481. The number of nitrogens with zero attached hydrogens (tertiary/aromatic N) is 2. The van der Waals surface area contributed by atoms with E-state index in [0.717, 1.165) is 0 Å². The predicted molar refractivity (Wildman–Crippen MR) is 64.8 cm³/mol. The summed E-state index contributed by atoms with van der Waals surface area (Å²) in [7, 11) is 0. The molecule has 1 aromatic rings. The van der Waals surface area contributed by atoms with Crippen molar-refractivity contribution in [3.8, 4) is 0 Å². The zero-order valence-corrected chi connectivity index (χ0v) is 9.87. The van der Waals surface area contributed by atoms with Crippen LogP contribution in [0.2, 0.25) is 0 Å². The van der Waals surface area contributed by atoms with Gasteiger partial charge in [-0.05, 0) is 6.07 Å². The monoisotopic (exact) mass is 252 g/mol. The van der Waals surface area contributed by atoms with Gasteiger partial charge in [0.1, 0.15) is 0 Å². The molecule has 0 bridgehead atoms. The predicted octanol–water partition coefficient (Wildman–Crippen LogP) is -0.800. The molecule has 7 nitrogen and oxygen atoms in total. The Bertz CT molecular complexity index is 427. The number of nitrogen functional groups attached to an aromatic ring is 1. The lowest BCUT2D eigenvalue weighted by Gasteiger charge is -2.34. The molecule has 1 aromatic heterocycles. The fourth-order valence-corrected chi connectivity index (χ4v) is 1.92. The lowest BCUT2D eigenvalue weighted by molar-refractivity contribution is -0.0183. The maximum absolute atomic E-state index is 12.4. The number of nitrogens with two attached hydrogens (primary N) is 1. The van der Waals surface area contributed by atoms with Gasteiger partial charge in [0.25, 0.3) is 5.91 Å². The van der Waals surface area contributed by atoms with Crippen molar-refractivity contribution in [3.63, 3.8) is 0 Å². The molecular formula is C11H16N4O3. The molecule has 1 unspecified atom stereocenters. The van der Waals surface area contributed by atoms with Gasteiger partial charge in [0.15, 0.2) is 0 Å². The molecule has 18 heavy (non-hydrogen) atoms. The molecule has 1 atom stereocenters. The van der Waals surface area contributed by atoms with Crippen molar-refractivity contribution in [1.29, 1.82) is 0 Å². The van der Waals surface area contributed by atoms with Crippen molar-refractivity contribution in [2.75, 3.05) is 31.8 Å². The number of carbonyl (C=O) groups is 1. The van der Waals surface area contributed by atoms with Crippen molar-refractivity contribution in [3.05, 3.63) is 24.0 Å². The average Bonchev–Trinajstić information content (AvgIpc) is 2.46. The molecule has 2 heterocycles. The maximum Gasteiger partial charge on any atom is 0.256 e. The highest BCUT2D eigenvalue weighted by Crippen LogP contribution is 2.17. The van der Waals surface area contributed by atoms with E-state index >= 15 is 0 Å². The van der Waals surface area contributed by atoms with Crippen molar-refractivity contribution in [2.24, 2.45) is 5.84 Å². The van der Waals surface area contributed by atoms with E-state index in [2.05, 4.69) is 10.4 Å². The highest BCUT2D eigenvalue weighted by atomic mass is 16.5. The van der Waals surface area contributed by atoms with Crippen molar-refractivity contribution in [1.82, 2.24) is 9.88 Å². The minimum Gasteiger partial charge on any atom is -0.394 e.